The van der Waals surface area contributed by atoms with Crippen LogP contribution in [-0.2, 0) is 11.3 Å². The molecule has 1 unspecified atom stereocenters. The summed E-state index contributed by atoms with van der Waals surface area (Å²) >= 11 is 0. The summed E-state index contributed by atoms with van der Waals surface area (Å²) < 4.78 is 31.7. The van der Waals surface area contributed by atoms with E-state index in [0.717, 1.165) is 5.56 Å². The van der Waals surface area contributed by atoms with Crippen LogP contribution in [-0.4, -0.2) is 46.2 Å². The highest BCUT2D eigenvalue weighted by molar-refractivity contribution is 5.98. The number of nitrogens with one attached hydrogen (secondary N) is 1. The first-order chi connectivity index (χ1) is 16.0. The molecule has 1 aliphatic rings. The third-order valence-corrected chi connectivity index (χ3v) is 5.51. The predicted molar refractivity (Wildman–Crippen MR) is 118 cm³/mol. The van der Waals surface area contributed by atoms with Gasteiger partial charge in [0.05, 0.1) is 18.0 Å². The second-order valence-electron chi connectivity index (χ2n) is 7.86. The molecule has 9 heteroatoms. The summed E-state index contributed by atoms with van der Waals surface area (Å²) in [7, 11) is 0. The van der Waals surface area contributed by atoms with Gasteiger partial charge in [0.15, 0.2) is 0 Å². The molecule has 4 rings (SSSR count). The van der Waals surface area contributed by atoms with E-state index in [4.69, 9.17) is 0 Å². The summed E-state index contributed by atoms with van der Waals surface area (Å²) in [5.74, 6) is -1.18. The Kier molecular flexibility index (Phi) is 6.97. The fourth-order valence-electron chi connectivity index (χ4n) is 3.96. The number of likely N-dealkylation sites (tertiary alicyclic amines) is 1. The standard InChI is InChI=1S/C24H24F2N4O3/c25-24(26)33-21-10-2-1-9-20(21)23(32)29-12-4-7-18(16-29)22(31)28-19-8-3-6-17(14-19)15-30-13-5-11-27-30/h1-3,5-6,8-11,13-14,18,24H,4,7,12,15-16H2,(H,28,31). The minimum absolute atomic E-state index is 0.0604. The van der Waals surface area contributed by atoms with Crippen molar-refractivity contribution < 1.29 is 23.1 Å². The maximum atomic E-state index is 13.0. The van der Waals surface area contributed by atoms with E-state index in [-0.39, 0.29) is 23.8 Å². The zero-order chi connectivity index (χ0) is 23.2. The molecule has 1 aliphatic heterocycles. The number of carbonyl (C=O) groups is 2. The van der Waals surface area contributed by atoms with Gasteiger partial charge in [-0.1, -0.05) is 24.3 Å². The molecule has 2 aromatic carbocycles. The molecule has 1 fully saturated rings. The monoisotopic (exact) mass is 454 g/mol. The maximum Gasteiger partial charge on any atom is 0.387 e. The minimum atomic E-state index is -3.03. The van der Waals surface area contributed by atoms with Gasteiger partial charge < -0.3 is 15.0 Å². The van der Waals surface area contributed by atoms with Crippen LogP contribution in [0.3, 0.4) is 0 Å². The smallest absolute Gasteiger partial charge is 0.387 e. The molecule has 2 heterocycles. The number of halogens is 2. The van der Waals surface area contributed by atoms with Crippen LogP contribution >= 0.6 is 0 Å². The SMILES string of the molecule is O=C(Nc1cccc(Cn2cccn2)c1)C1CCCN(C(=O)c2ccccc2OC(F)F)C1. The van der Waals surface area contributed by atoms with Crippen molar-refractivity contribution in [1.82, 2.24) is 14.7 Å². The Morgan fingerprint density at radius 3 is 2.79 bits per heavy atom. The molecule has 1 N–H and O–H groups in total. The minimum Gasteiger partial charge on any atom is -0.434 e. The van der Waals surface area contributed by atoms with Gasteiger partial charge in [-0.25, -0.2) is 0 Å². The third-order valence-electron chi connectivity index (χ3n) is 5.51. The molecular weight excluding hydrogens is 430 g/mol. The average Bonchev–Trinajstić information content (AvgIpc) is 3.32. The summed E-state index contributed by atoms with van der Waals surface area (Å²) in [6.45, 7) is -1.78. The number of piperidine rings is 1. The number of anilines is 1. The fraction of sp³-hybridized carbons (Fsp3) is 0.292. The molecule has 0 spiro atoms. The maximum absolute atomic E-state index is 13.0. The van der Waals surface area contributed by atoms with Crippen molar-refractivity contribution in [1.29, 1.82) is 0 Å². The van der Waals surface area contributed by atoms with Crippen LogP contribution in [0, 0.1) is 5.92 Å². The number of amides is 2. The highest BCUT2D eigenvalue weighted by atomic mass is 19.3. The van der Waals surface area contributed by atoms with Crippen LogP contribution in [0.5, 0.6) is 5.75 Å². The van der Waals surface area contributed by atoms with E-state index in [1.165, 1.54) is 23.1 Å². The number of rotatable bonds is 7. The van der Waals surface area contributed by atoms with E-state index in [1.54, 1.807) is 16.9 Å². The second kappa shape index (κ2) is 10.2. The number of benzene rings is 2. The molecule has 2 amide bonds. The van der Waals surface area contributed by atoms with E-state index in [9.17, 15) is 18.4 Å². The van der Waals surface area contributed by atoms with Gasteiger partial charge in [0, 0.05) is 31.2 Å². The third kappa shape index (κ3) is 5.74. The van der Waals surface area contributed by atoms with Gasteiger partial charge in [-0.3, -0.25) is 14.3 Å². The number of aromatic nitrogens is 2. The fourth-order valence-corrected chi connectivity index (χ4v) is 3.96. The number of carbonyl (C=O) groups excluding carboxylic acids is 2. The van der Waals surface area contributed by atoms with Gasteiger partial charge in [0.25, 0.3) is 5.91 Å². The lowest BCUT2D eigenvalue weighted by Crippen LogP contribution is -2.43. The number of alkyl halides is 2. The molecule has 1 atom stereocenters. The summed E-state index contributed by atoms with van der Waals surface area (Å²) in [6.07, 6.45) is 4.85. The molecule has 0 aliphatic carbocycles. The molecule has 1 aromatic heterocycles. The Balaban J connectivity index is 1.41. The van der Waals surface area contributed by atoms with Crippen LogP contribution in [0.1, 0.15) is 28.8 Å². The van der Waals surface area contributed by atoms with Gasteiger partial charge in [0.2, 0.25) is 5.91 Å². The van der Waals surface area contributed by atoms with Crippen LogP contribution in [0.2, 0.25) is 0 Å². The van der Waals surface area contributed by atoms with E-state index >= 15 is 0 Å². The largest absolute Gasteiger partial charge is 0.434 e. The van der Waals surface area contributed by atoms with E-state index in [0.29, 0.717) is 31.6 Å². The number of nitrogens with zero attached hydrogens (tertiary/aromatic N) is 3. The van der Waals surface area contributed by atoms with Crippen LogP contribution < -0.4 is 10.1 Å². The topological polar surface area (TPSA) is 76.5 Å². The lowest BCUT2D eigenvalue weighted by molar-refractivity contribution is -0.121. The molecule has 1 saturated heterocycles. The van der Waals surface area contributed by atoms with Crippen LogP contribution in [0.15, 0.2) is 67.0 Å². The van der Waals surface area contributed by atoms with Crippen molar-refractivity contribution in [2.24, 2.45) is 5.92 Å². The first kappa shape index (κ1) is 22.4. The van der Waals surface area contributed by atoms with E-state index in [1.807, 2.05) is 36.5 Å². The molecule has 0 radical (unpaired) electrons. The van der Waals surface area contributed by atoms with Crippen LogP contribution in [0.4, 0.5) is 14.5 Å². The van der Waals surface area contributed by atoms with Crippen molar-refractivity contribution in [2.45, 2.75) is 26.0 Å². The van der Waals surface area contributed by atoms with Gasteiger partial charge in [-0.2, -0.15) is 13.9 Å². The molecule has 33 heavy (non-hydrogen) atoms. The first-order valence-corrected chi connectivity index (χ1v) is 10.7. The highest BCUT2D eigenvalue weighted by Gasteiger charge is 2.30. The summed E-state index contributed by atoms with van der Waals surface area (Å²) in [6, 6.07) is 15.3. The molecule has 3 aromatic rings. The van der Waals surface area contributed by atoms with E-state index < -0.39 is 18.4 Å². The zero-order valence-electron chi connectivity index (χ0n) is 17.9. The molecule has 0 bridgehead atoms. The van der Waals surface area contributed by atoms with Gasteiger partial charge in [-0.05, 0) is 48.7 Å². The van der Waals surface area contributed by atoms with Crippen molar-refractivity contribution >= 4 is 17.5 Å². The Morgan fingerprint density at radius 1 is 1.15 bits per heavy atom. The van der Waals surface area contributed by atoms with Crippen LogP contribution in [0.25, 0.3) is 0 Å². The highest BCUT2D eigenvalue weighted by Crippen LogP contribution is 2.26. The molecule has 0 saturated carbocycles. The Morgan fingerprint density at radius 2 is 2.00 bits per heavy atom. The van der Waals surface area contributed by atoms with Crippen molar-refractivity contribution in [3.05, 3.63) is 78.1 Å². The summed E-state index contributed by atoms with van der Waals surface area (Å²) in [5, 5.41) is 7.13. The quantitative estimate of drug-likeness (QED) is 0.585. The number of ether oxygens (including phenoxy) is 1. The Bertz CT molecular complexity index is 1100. The normalized spacial score (nSPS) is 16.0. The second-order valence-corrected chi connectivity index (χ2v) is 7.86. The van der Waals surface area contributed by atoms with Crippen molar-refractivity contribution in [3.63, 3.8) is 0 Å². The molecular formula is C24H24F2N4O3. The van der Waals surface area contributed by atoms with Gasteiger partial charge in [-0.15, -0.1) is 0 Å². The molecule has 7 nitrogen and oxygen atoms in total. The zero-order valence-corrected chi connectivity index (χ0v) is 17.9. The predicted octanol–water partition coefficient (Wildman–Crippen LogP) is 4.02. The summed E-state index contributed by atoms with van der Waals surface area (Å²) in [5.41, 5.74) is 1.72. The lowest BCUT2D eigenvalue weighted by Gasteiger charge is -2.32. The number of hydrogen-bond donors (Lipinski definition) is 1. The Hall–Kier alpha value is -3.75. The van der Waals surface area contributed by atoms with Crippen molar-refractivity contribution in [3.8, 4) is 5.75 Å². The van der Waals surface area contributed by atoms with Gasteiger partial charge >= 0.3 is 6.61 Å². The average molecular weight is 454 g/mol. The first-order valence-electron chi connectivity index (χ1n) is 10.7. The number of para-hydroxylation sites is 1. The van der Waals surface area contributed by atoms with Crippen molar-refractivity contribution in [2.75, 3.05) is 18.4 Å². The van der Waals surface area contributed by atoms with E-state index in [2.05, 4.69) is 15.2 Å². The summed E-state index contributed by atoms with van der Waals surface area (Å²) in [4.78, 5) is 27.4. The Labute approximate surface area is 190 Å². The number of hydrogen-bond acceptors (Lipinski definition) is 4. The molecule has 172 valence electrons. The lowest BCUT2D eigenvalue weighted by atomic mass is 9.96. The van der Waals surface area contributed by atoms with Gasteiger partial charge in [0.1, 0.15) is 5.75 Å².